The third-order valence-electron chi connectivity index (χ3n) is 3.13. The van der Waals surface area contributed by atoms with Crippen molar-refractivity contribution in [1.29, 1.82) is 0 Å². The Kier molecular flexibility index (Phi) is 5.14. The summed E-state index contributed by atoms with van der Waals surface area (Å²) < 4.78 is 5.75. The van der Waals surface area contributed by atoms with Crippen LogP contribution in [-0.2, 0) is 0 Å². The molecule has 0 saturated carbocycles. The molecule has 1 heterocycles. The highest BCUT2D eigenvalue weighted by Crippen LogP contribution is 2.23. The van der Waals surface area contributed by atoms with E-state index in [0.29, 0.717) is 5.92 Å². The van der Waals surface area contributed by atoms with Gasteiger partial charge in [0.05, 0.1) is 24.0 Å². The maximum atomic E-state index is 5.75. The van der Waals surface area contributed by atoms with Crippen molar-refractivity contribution in [2.75, 3.05) is 11.9 Å². The van der Waals surface area contributed by atoms with Gasteiger partial charge in [0.1, 0.15) is 5.75 Å². The van der Waals surface area contributed by atoms with Gasteiger partial charge in [-0.3, -0.25) is 9.97 Å². The van der Waals surface area contributed by atoms with Crippen molar-refractivity contribution in [3.05, 3.63) is 48.0 Å². The largest absolute Gasteiger partial charge is 0.493 e. The molecule has 4 heteroatoms. The second-order valence-electron chi connectivity index (χ2n) is 5.63. The van der Waals surface area contributed by atoms with Gasteiger partial charge in [-0.25, -0.2) is 0 Å². The molecule has 1 aromatic heterocycles. The van der Waals surface area contributed by atoms with Gasteiger partial charge in [-0.15, -0.1) is 0 Å². The van der Waals surface area contributed by atoms with Crippen molar-refractivity contribution < 1.29 is 4.74 Å². The van der Waals surface area contributed by atoms with Gasteiger partial charge < -0.3 is 10.1 Å². The lowest BCUT2D eigenvalue weighted by Gasteiger charge is -2.17. The van der Waals surface area contributed by atoms with E-state index >= 15 is 0 Å². The van der Waals surface area contributed by atoms with Crippen molar-refractivity contribution in [2.45, 2.75) is 33.7 Å². The molecule has 0 aliphatic rings. The molecule has 0 saturated heterocycles. The van der Waals surface area contributed by atoms with E-state index in [4.69, 9.17) is 4.74 Å². The van der Waals surface area contributed by atoms with E-state index in [9.17, 15) is 0 Å². The topological polar surface area (TPSA) is 47.0 Å². The minimum atomic E-state index is 0.0963. The summed E-state index contributed by atoms with van der Waals surface area (Å²) in [5.41, 5.74) is 2.93. The summed E-state index contributed by atoms with van der Waals surface area (Å²) in [6.45, 7) is 9.06. The number of aryl methyl sites for hydroxylation is 1. The molecule has 0 fully saturated rings. The molecule has 21 heavy (non-hydrogen) atoms. The first kappa shape index (κ1) is 15.3. The molecule has 2 rings (SSSR count). The number of rotatable bonds is 6. The van der Waals surface area contributed by atoms with Crippen LogP contribution < -0.4 is 10.1 Å². The quantitative estimate of drug-likeness (QED) is 0.871. The van der Waals surface area contributed by atoms with E-state index in [1.165, 1.54) is 0 Å². The van der Waals surface area contributed by atoms with Gasteiger partial charge in [-0.05, 0) is 31.9 Å². The Labute approximate surface area is 126 Å². The van der Waals surface area contributed by atoms with Gasteiger partial charge in [-0.1, -0.05) is 19.9 Å². The summed E-state index contributed by atoms with van der Waals surface area (Å²) in [7, 11) is 0. The van der Waals surface area contributed by atoms with Crippen molar-refractivity contribution in [3.8, 4) is 5.75 Å². The highest BCUT2D eigenvalue weighted by Gasteiger charge is 2.10. The third kappa shape index (κ3) is 4.45. The van der Waals surface area contributed by atoms with Crippen LogP contribution in [0, 0.1) is 12.8 Å². The van der Waals surface area contributed by atoms with Crippen molar-refractivity contribution in [1.82, 2.24) is 9.97 Å². The van der Waals surface area contributed by atoms with Crippen LogP contribution in [0.2, 0.25) is 0 Å². The van der Waals surface area contributed by atoms with Crippen LogP contribution in [0.25, 0.3) is 0 Å². The normalized spacial score (nSPS) is 12.2. The highest BCUT2D eigenvalue weighted by molar-refractivity contribution is 5.49. The Morgan fingerprint density at radius 3 is 2.62 bits per heavy atom. The van der Waals surface area contributed by atoms with Crippen LogP contribution in [-0.4, -0.2) is 16.6 Å². The Balaban J connectivity index is 2.05. The predicted molar refractivity (Wildman–Crippen MR) is 85.6 cm³/mol. The minimum Gasteiger partial charge on any atom is -0.493 e. The first-order chi connectivity index (χ1) is 10.1. The van der Waals surface area contributed by atoms with Crippen molar-refractivity contribution in [2.24, 2.45) is 5.92 Å². The number of ether oxygens (including phenoxy) is 1. The Morgan fingerprint density at radius 1 is 1.14 bits per heavy atom. The van der Waals surface area contributed by atoms with Gasteiger partial charge in [0.2, 0.25) is 0 Å². The molecule has 4 nitrogen and oxygen atoms in total. The number of benzene rings is 1. The molecule has 1 N–H and O–H groups in total. The number of nitrogens with one attached hydrogen (secondary N) is 1. The Morgan fingerprint density at radius 2 is 1.90 bits per heavy atom. The van der Waals surface area contributed by atoms with Gasteiger partial charge in [0.25, 0.3) is 0 Å². The average Bonchev–Trinajstić information content (AvgIpc) is 2.46. The zero-order chi connectivity index (χ0) is 15.2. The lowest BCUT2D eigenvalue weighted by atomic mass is 10.1. The zero-order valence-corrected chi connectivity index (χ0v) is 13.1. The highest BCUT2D eigenvalue weighted by atomic mass is 16.5. The molecule has 2 aromatic rings. The van der Waals surface area contributed by atoms with Crippen LogP contribution >= 0.6 is 0 Å². The summed E-state index contributed by atoms with van der Waals surface area (Å²) in [4.78, 5) is 8.68. The molecule has 0 spiro atoms. The number of hydrogen-bond donors (Lipinski definition) is 1. The van der Waals surface area contributed by atoms with Crippen LogP contribution in [0.15, 0.2) is 36.7 Å². The summed E-state index contributed by atoms with van der Waals surface area (Å²) in [5, 5.41) is 3.44. The zero-order valence-electron chi connectivity index (χ0n) is 13.1. The molecule has 0 aliphatic heterocycles. The van der Waals surface area contributed by atoms with Crippen LogP contribution in [0.4, 0.5) is 5.69 Å². The standard InChI is InChI=1S/C17H23N3O/c1-12(2)11-21-16-7-5-6-15(10-16)20-14(4)17-13(3)18-8-9-19-17/h5-10,12,14,20H,11H2,1-4H3. The van der Waals surface area contributed by atoms with Crippen LogP contribution in [0.5, 0.6) is 5.75 Å². The summed E-state index contributed by atoms with van der Waals surface area (Å²) >= 11 is 0. The van der Waals surface area contributed by atoms with E-state index in [-0.39, 0.29) is 6.04 Å². The van der Waals surface area contributed by atoms with Gasteiger partial charge in [0, 0.05) is 24.1 Å². The summed E-state index contributed by atoms with van der Waals surface area (Å²) in [6.07, 6.45) is 3.44. The van der Waals surface area contributed by atoms with E-state index in [0.717, 1.165) is 29.4 Å². The number of nitrogens with zero attached hydrogens (tertiary/aromatic N) is 2. The monoisotopic (exact) mass is 285 g/mol. The van der Waals surface area contributed by atoms with Crippen LogP contribution in [0.3, 0.4) is 0 Å². The maximum absolute atomic E-state index is 5.75. The Bertz CT molecular complexity index is 584. The van der Waals surface area contributed by atoms with E-state index in [1.54, 1.807) is 12.4 Å². The molecule has 0 radical (unpaired) electrons. The SMILES string of the molecule is Cc1nccnc1C(C)Nc1cccc(OCC(C)C)c1. The summed E-state index contributed by atoms with van der Waals surface area (Å²) in [6, 6.07) is 8.12. The van der Waals surface area contributed by atoms with Crippen LogP contribution in [0.1, 0.15) is 38.2 Å². The number of aromatic nitrogens is 2. The number of anilines is 1. The fourth-order valence-electron chi connectivity index (χ4n) is 2.10. The molecule has 112 valence electrons. The number of hydrogen-bond acceptors (Lipinski definition) is 4. The molecule has 0 amide bonds. The fourth-order valence-corrected chi connectivity index (χ4v) is 2.10. The predicted octanol–water partition coefficient (Wildman–Crippen LogP) is 3.99. The van der Waals surface area contributed by atoms with Gasteiger partial charge >= 0.3 is 0 Å². The molecular weight excluding hydrogens is 262 g/mol. The summed E-state index contributed by atoms with van der Waals surface area (Å²) in [5.74, 6) is 1.40. The van der Waals surface area contributed by atoms with Gasteiger partial charge in [-0.2, -0.15) is 0 Å². The average molecular weight is 285 g/mol. The lowest BCUT2D eigenvalue weighted by Crippen LogP contribution is -2.11. The van der Waals surface area contributed by atoms with Crippen molar-refractivity contribution in [3.63, 3.8) is 0 Å². The molecule has 0 bridgehead atoms. The smallest absolute Gasteiger partial charge is 0.121 e. The third-order valence-corrected chi connectivity index (χ3v) is 3.13. The fraction of sp³-hybridized carbons (Fsp3) is 0.412. The second-order valence-corrected chi connectivity index (χ2v) is 5.63. The van der Waals surface area contributed by atoms with Gasteiger partial charge in [0.15, 0.2) is 0 Å². The molecular formula is C17H23N3O. The second kappa shape index (κ2) is 7.07. The molecule has 1 aromatic carbocycles. The van der Waals surface area contributed by atoms with E-state index in [1.807, 2.05) is 31.2 Å². The maximum Gasteiger partial charge on any atom is 0.121 e. The van der Waals surface area contributed by atoms with Crippen molar-refractivity contribution >= 4 is 5.69 Å². The molecule has 0 aliphatic carbocycles. The lowest BCUT2D eigenvalue weighted by molar-refractivity contribution is 0.271. The molecule has 1 atom stereocenters. The van der Waals surface area contributed by atoms with E-state index in [2.05, 4.69) is 36.1 Å². The minimum absolute atomic E-state index is 0.0963. The Hall–Kier alpha value is -2.10. The first-order valence-corrected chi connectivity index (χ1v) is 7.33. The van der Waals surface area contributed by atoms with E-state index < -0.39 is 0 Å². The molecule has 1 unspecified atom stereocenters. The first-order valence-electron chi connectivity index (χ1n) is 7.33.